The number of hydrogen-bond acceptors (Lipinski definition) is 3. The fourth-order valence-corrected chi connectivity index (χ4v) is 2.65. The minimum Gasteiger partial charge on any atom is -0.387 e. The molecule has 0 bridgehead atoms. The van der Waals surface area contributed by atoms with E-state index in [0.717, 1.165) is 16.3 Å². The monoisotopic (exact) mass is 236 g/mol. The lowest BCUT2D eigenvalue weighted by atomic mass is 10.1. The van der Waals surface area contributed by atoms with Gasteiger partial charge in [0, 0.05) is 28.9 Å². The van der Waals surface area contributed by atoms with Crippen molar-refractivity contribution in [1.29, 1.82) is 0 Å². The molecule has 0 amide bonds. The molecule has 1 atom stereocenters. The lowest BCUT2D eigenvalue weighted by Gasteiger charge is -2.08. The topological polar surface area (TPSA) is 38.0 Å². The van der Waals surface area contributed by atoms with Crippen molar-refractivity contribution in [3.8, 4) is 0 Å². The van der Waals surface area contributed by atoms with Crippen LogP contribution < -0.4 is 0 Å². The Balaban J connectivity index is 2.13. The Morgan fingerprint density at radius 2 is 2.19 bits per heavy atom. The Hall–Kier alpha value is -1.13. The summed E-state index contributed by atoms with van der Waals surface area (Å²) in [5, 5.41) is 14.4. The zero-order valence-corrected chi connectivity index (χ0v) is 10.6. The van der Waals surface area contributed by atoms with Crippen molar-refractivity contribution < 1.29 is 5.11 Å². The Bertz CT molecular complexity index is 487. The van der Waals surface area contributed by atoms with Crippen molar-refractivity contribution in [2.45, 2.75) is 26.4 Å². The molecular formula is C12H16N2OS. The summed E-state index contributed by atoms with van der Waals surface area (Å²) in [5.74, 6) is 0. The van der Waals surface area contributed by atoms with Gasteiger partial charge in [-0.1, -0.05) is 0 Å². The first-order valence-corrected chi connectivity index (χ1v) is 6.12. The van der Waals surface area contributed by atoms with Gasteiger partial charge in [-0.15, -0.1) is 11.3 Å². The Morgan fingerprint density at radius 1 is 1.44 bits per heavy atom. The van der Waals surface area contributed by atoms with Gasteiger partial charge in [-0.25, -0.2) is 0 Å². The molecule has 2 rings (SSSR count). The van der Waals surface area contributed by atoms with E-state index in [-0.39, 0.29) is 0 Å². The second kappa shape index (κ2) is 4.39. The van der Waals surface area contributed by atoms with Crippen LogP contribution in [0.3, 0.4) is 0 Å². The van der Waals surface area contributed by atoms with Crippen molar-refractivity contribution in [1.82, 2.24) is 9.78 Å². The highest BCUT2D eigenvalue weighted by molar-refractivity contribution is 7.12. The predicted molar refractivity (Wildman–Crippen MR) is 65.7 cm³/mol. The summed E-state index contributed by atoms with van der Waals surface area (Å²) in [6.07, 6.45) is 0.200. The van der Waals surface area contributed by atoms with Gasteiger partial charge >= 0.3 is 0 Å². The second-order valence-electron chi connectivity index (χ2n) is 4.07. The Kier molecular flexibility index (Phi) is 3.12. The second-order valence-corrected chi connectivity index (χ2v) is 5.39. The molecule has 0 saturated heterocycles. The quantitative estimate of drug-likeness (QED) is 0.888. The fourth-order valence-electron chi connectivity index (χ4n) is 1.79. The van der Waals surface area contributed by atoms with Gasteiger partial charge in [-0.2, -0.15) is 5.10 Å². The lowest BCUT2D eigenvalue weighted by Crippen LogP contribution is -2.05. The molecule has 0 saturated carbocycles. The van der Waals surface area contributed by atoms with E-state index >= 15 is 0 Å². The minimum atomic E-state index is -0.423. The predicted octanol–water partition coefficient (Wildman–Crippen LogP) is 2.37. The van der Waals surface area contributed by atoms with Crippen LogP contribution in [0, 0.1) is 13.8 Å². The maximum Gasteiger partial charge on any atom is 0.0937 e. The van der Waals surface area contributed by atoms with Gasteiger partial charge in [0.05, 0.1) is 11.8 Å². The van der Waals surface area contributed by atoms with Crippen LogP contribution in [0.15, 0.2) is 18.2 Å². The third-order valence-electron chi connectivity index (χ3n) is 2.59. The average Bonchev–Trinajstić information content (AvgIpc) is 2.74. The van der Waals surface area contributed by atoms with Crippen molar-refractivity contribution in [2.75, 3.05) is 0 Å². The number of aromatic nitrogens is 2. The van der Waals surface area contributed by atoms with Crippen LogP contribution in [0.5, 0.6) is 0 Å². The third-order valence-corrected chi connectivity index (χ3v) is 3.69. The van der Waals surface area contributed by atoms with Crippen molar-refractivity contribution in [2.24, 2.45) is 7.05 Å². The Labute approximate surface area is 99.4 Å². The number of thiophene rings is 1. The molecule has 2 aromatic heterocycles. The molecule has 4 heteroatoms. The molecule has 3 nitrogen and oxygen atoms in total. The molecule has 0 aromatic carbocycles. The molecule has 0 aliphatic rings. The van der Waals surface area contributed by atoms with E-state index < -0.39 is 6.10 Å². The number of aliphatic hydroxyl groups excluding tert-OH is 1. The first-order valence-electron chi connectivity index (χ1n) is 5.30. The molecule has 0 fully saturated rings. The third kappa shape index (κ3) is 2.33. The summed E-state index contributed by atoms with van der Waals surface area (Å²) < 4.78 is 1.83. The van der Waals surface area contributed by atoms with Gasteiger partial charge in [0.15, 0.2) is 0 Å². The van der Waals surface area contributed by atoms with Gasteiger partial charge in [-0.05, 0) is 32.0 Å². The molecule has 16 heavy (non-hydrogen) atoms. The normalized spacial score (nSPS) is 13.0. The molecule has 2 aromatic rings. The molecule has 0 aliphatic heterocycles. The fraction of sp³-hybridized carbons (Fsp3) is 0.417. The first kappa shape index (κ1) is 11.4. The maximum absolute atomic E-state index is 10.1. The molecule has 86 valence electrons. The Morgan fingerprint density at radius 3 is 2.69 bits per heavy atom. The van der Waals surface area contributed by atoms with Crippen LogP contribution in [-0.2, 0) is 13.5 Å². The summed E-state index contributed by atoms with van der Waals surface area (Å²) in [5.41, 5.74) is 2.06. The number of nitrogens with zero attached hydrogens (tertiary/aromatic N) is 2. The van der Waals surface area contributed by atoms with E-state index in [9.17, 15) is 5.11 Å². The van der Waals surface area contributed by atoms with Crippen LogP contribution in [0.4, 0.5) is 0 Å². The zero-order valence-electron chi connectivity index (χ0n) is 9.77. The van der Waals surface area contributed by atoms with Crippen LogP contribution >= 0.6 is 11.3 Å². The molecule has 0 radical (unpaired) electrons. The van der Waals surface area contributed by atoms with Gasteiger partial charge in [0.1, 0.15) is 0 Å². The summed E-state index contributed by atoms with van der Waals surface area (Å²) in [6.45, 7) is 4.01. The SMILES string of the molecule is Cc1cc(CC(O)c2ccc(C)s2)n(C)n1. The molecular weight excluding hydrogens is 220 g/mol. The van der Waals surface area contributed by atoms with Gasteiger partial charge < -0.3 is 5.11 Å². The average molecular weight is 236 g/mol. The lowest BCUT2D eigenvalue weighted by molar-refractivity contribution is 0.179. The van der Waals surface area contributed by atoms with Crippen LogP contribution in [0.2, 0.25) is 0 Å². The number of hydrogen-bond donors (Lipinski definition) is 1. The molecule has 0 spiro atoms. The van der Waals surface area contributed by atoms with Crippen molar-refractivity contribution >= 4 is 11.3 Å². The van der Waals surface area contributed by atoms with E-state index in [1.54, 1.807) is 11.3 Å². The molecule has 1 N–H and O–H groups in total. The summed E-state index contributed by atoms with van der Waals surface area (Å²) in [4.78, 5) is 2.26. The number of aryl methyl sites for hydroxylation is 3. The van der Waals surface area contributed by atoms with Crippen LogP contribution in [-0.4, -0.2) is 14.9 Å². The van der Waals surface area contributed by atoms with E-state index in [1.165, 1.54) is 4.88 Å². The summed E-state index contributed by atoms with van der Waals surface area (Å²) in [7, 11) is 1.91. The largest absolute Gasteiger partial charge is 0.387 e. The smallest absolute Gasteiger partial charge is 0.0937 e. The number of rotatable bonds is 3. The first-order chi connectivity index (χ1) is 7.56. The molecule has 1 unspecified atom stereocenters. The summed E-state index contributed by atoms with van der Waals surface area (Å²) >= 11 is 1.65. The van der Waals surface area contributed by atoms with Crippen molar-refractivity contribution in [3.63, 3.8) is 0 Å². The van der Waals surface area contributed by atoms with E-state index in [2.05, 4.69) is 12.0 Å². The van der Waals surface area contributed by atoms with Crippen LogP contribution in [0.25, 0.3) is 0 Å². The molecule has 2 heterocycles. The molecule has 0 aliphatic carbocycles. The number of aliphatic hydroxyl groups is 1. The highest BCUT2D eigenvalue weighted by Gasteiger charge is 2.13. The standard InChI is InChI=1S/C12H16N2OS/c1-8-6-10(14(3)13-8)7-11(15)12-5-4-9(2)16-12/h4-6,11,15H,7H2,1-3H3. The van der Waals surface area contributed by atoms with E-state index in [0.29, 0.717) is 6.42 Å². The zero-order chi connectivity index (χ0) is 11.7. The van der Waals surface area contributed by atoms with E-state index in [1.807, 2.05) is 36.9 Å². The highest BCUT2D eigenvalue weighted by Crippen LogP contribution is 2.25. The highest BCUT2D eigenvalue weighted by atomic mass is 32.1. The van der Waals surface area contributed by atoms with E-state index in [4.69, 9.17) is 0 Å². The van der Waals surface area contributed by atoms with Gasteiger partial charge in [0.2, 0.25) is 0 Å². The van der Waals surface area contributed by atoms with Crippen molar-refractivity contribution in [3.05, 3.63) is 39.3 Å². The van der Waals surface area contributed by atoms with Gasteiger partial charge in [-0.3, -0.25) is 4.68 Å². The summed E-state index contributed by atoms with van der Waals surface area (Å²) in [6, 6.07) is 6.05. The van der Waals surface area contributed by atoms with Gasteiger partial charge in [0.25, 0.3) is 0 Å². The minimum absolute atomic E-state index is 0.423. The van der Waals surface area contributed by atoms with Crippen LogP contribution in [0.1, 0.15) is 27.2 Å². The maximum atomic E-state index is 10.1.